The van der Waals surface area contributed by atoms with E-state index in [0.717, 1.165) is 22.9 Å². The van der Waals surface area contributed by atoms with Crippen molar-refractivity contribution in [3.8, 4) is 29.0 Å². The van der Waals surface area contributed by atoms with Crippen molar-refractivity contribution in [2.75, 3.05) is 12.3 Å². The third-order valence-corrected chi connectivity index (χ3v) is 7.05. The number of aromatic nitrogens is 1. The number of nitrogens with one attached hydrogen (secondary N) is 1. The fourth-order valence-corrected chi connectivity index (χ4v) is 5.06. The van der Waals surface area contributed by atoms with Crippen LogP contribution in [-0.2, 0) is 11.3 Å². The summed E-state index contributed by atoms with van der Waals surface area (Å²) < 4.78 is 5.56. The van der Waals surface area contributed by atoms with E-state index in [0.29, 0.717) is 30.0 Å². The van der Waals surface area contributed by atoms with Gasteiger partial charge in [0.05, 0.1) is 5.56 Å². The summed E-state index contributed by atoms with van der Waals surface area (Å²) in [5.41, 5.74) is 9.16. The quantitative estimate of drug-likeness (QED) is 0.196. The molecule has 0 aliphatic heterocycles. The number of rotatable bonds is 10. The van der Waals surface area contributed by atoms with Gasteiger partial charge in [-0.2, -0.15) is 10.5 Å². The van der Waals surface area contributed by atoms with Gasteiger partial charge in [-0.3, -0.25) is 4.79 Å². The van der Waals surface area contributed by atoms with Gasteiger partial charge in [0.15, 0.2) is 0 Å². The molecule has 3 N–H and O–H groups in total. The molecule has 4 rings (SSSR count). The minimum atomic E-state index is -0.718. The van der Waals surface area contributed by atoms with Gasteiger partial charge in [-0.15, -0.1) is 0 Å². The molecule has 1 atom stereocenters. The van der Waals surface area contributed by atoms with Crippen molar-refractivity contribution >= 4 is 23.5 Å². The molecule has 8 heteroatoms. The number of pyridine rings is 1. The molecule has 0 spiro atoms. The van der Waals surface area contributed by atoms with Gasteiger partial charge < -0.3 is 15.8 Å². The zero-order chi connectivity index (χ0) is 27.6. The van der Waals surface area contributed by atoms with Crippen LogP contribution in [0, 0.1) is 22.7 Å². The number of hydrogen-bond acceptors (Lipinski definition) is 7. The SMILES string of the molecule is C=CCOc1ccc(-c2c(C#N)c(N)nc(SC(C(=O)NCc3ccccc3)c3ccccc3)c2C#N)cc1. The number of anilines is 1. The lowest BCUT2D eigenvalue weighted by Gasteiger charge is -2.19. The second-order valence-corrected chi connectivity index (χ2v) is 9.48. The molecule has 7 nitrogen and oxygen atoms in total. The number of nitrogens with zero attached hydrogens (tertiary/aromatic N) is 3. The normalized spacial score (nSPS) is 11.0. The number of carbonyl (C=O) groups is 1. The molecule has 1 amide bonds. The van der Waals surface area contributed by atoms with Gasteiger partial charge in [0, 0.05) is 12.1 Å². The molecule has 4 aromatic rings. The topological polar surface area (TPSA) is 125 Å². The van der Waals surface area contributed by atoms with Gasteiger partial charge in [0.1, 0.15) is 46.2 Å². The molecule has 0 saturated heterocycles. The van der Waals surface area contributed by atoms with Crippen molar-refractivity contribution in [2.45, 2.75) is 16.8 Å². The first-order valence-corrected chi connectivity index (χ1v) is 12.9. The number of nitrogens with two attached hydrogens (primary N) is 1. The number of amides is 1. The van der Waals surface area contributed by atoms with Crippen molar-refractivity contribution in [2.24, 2.45) is 0 Å². The molecule has 0 saturated carbocycles. The molecular formula is C31H25N5O2S. The maximum Gasteiger partial charge on any atom is 0.238 e. The Hall–Kier alpha value is -5.05. The van der Waals surface area contributed by atoms with E-state index in [1.165, 1.54) is 0 Å². The van der Waals surface area contributed by atoms with E-state index in [1.807, 2.05) is 60.7 Å². The molecule has 192 valence electrons. The summed E-state index contributed by atoms with van der Waals surface area (Å²) in [6.45, 7) is 4.34. The summed E-state index contributed by atoms with van der Waals surface area (Å²) in [5, 5.41) is 22.6. The minimum absolute atomic E-state index is 0.0162. The number of benzene rings is 3. The van der Waals surface area contributed by atoms with E-state index < -0.39 is 5.25 Å². The van der Waals surface area contributed by atoms with Crippen LogP contribution in [0.5, 0.6) is 5.75 Å². The Balaban J connectivity index is 1.74. The Morgan fingerprint density at radius 3 is 2.26 bits per heavy atom. The molecule has 1 unspecified atom stereocenters. The number of nitrogen functional groups attached to an aromatic ring is 1. The van der Waals surface area contributed by atoms with Crippen LogP contribution in [0.1, 0.15) is 27.5 Å². The van der Waals surface area contributed by atoms with Gasteiger partial charge in [-0.25, -0.2) is 4.98 Å². The molecule has 39 heavy (non-hydrogen) atoms. The van der Waals surface area contributed by atoms with E-state index in [4.69, 9.17) is 10.5 Å². The Labute approximate surface area is 231 Å². The highest BCUT2D eigenvalue weighted by molar-refractivity contribution is 8.00. The summed E-state index contributed by atoms with van der Waals surface area (Å²) in [7, 11) is 0. The van der Waals surface area contributed by atoms with Crippen LogP contribution < -0.4 is 15.8 Å². The smallest absolute Gasteiger partial charge is 0.238 e. The van der Waals surface area contributed by atoms with E-state index in [-0.39, 0.29) is 27.9 Å². The Morgan fingerprint density at radius 2 is 1.64 bits per heavy atom. The zero-order valence-electron chi connectivity index (χ0n) is 21.0. The van der Waals surface area contributed by atoms with Crippen molar-refractivity contribution in [3.63, 3.8) is 0 Å². The van der Waals surface area contributed by atoms with Crippen LogP contribution >= 0.6 is 11.8 Å². The molecular weight excluding hydrogens is 506 g/mol. The highest BCUT2D eigenvalue weighted by Gasteiger charge is 2.27. The number of nitriles is 2. The molecule has 0 radical (unpaired) electrons. The molecule has 0 bridgehead atoms. The van der Waals surface area contributed by atoms with E-state index in [2.05, 4.69) is 29.0 Å². The van der Waals surface area contributed by atoms with Crippen LogP contribution in [0.4, 0.5) is 5.82 Å². The lowest BCUT2D eigenvalue weighted by Crippen LogP contribution is -2.27. The Morgan fingerprint density at radius 1 is 1.00 bits per heavy atom. The van der Waals surface area contributed by atoms with Crippen LogP contribution in [-0.4, -0.2) is 17.5 Å². The first-order valence-electron chi connectivity index (χ1n) is 12.1. The van der Waals surface area contributed by atoms with Gasteiger partial charge >= 0.3 is 0 Å². The maximum atomic E-state index is 13.5. The molecule has 1 aromatic heterocycles. The highest BCUT2D eigenvalue weighted by atomic mass is 32.2. The molecule has 3 aromatic carbocycles. The van der Waals surface area contributed by atoms with Crippen LogP contribution in [0.3, 0.4) is 0 Å². The zero-order valence-corrected chi connectivity index (χ0v) is 21.8. The van der Waals surface area contributed by atoms with Gasteiger partial charge in [-0.05, 0) is 28.8 Å². The molecule has 0 aliphatic carbocycles. The summed E-state index contributed by atoms with van der Waals surface area (Å²) in [5.74, 6) is 0.359. The van der Waals surface area contributed by atoms with Crippen LogP contribution in [0.25, 0.3) is 11.1 Å². The number of hydrogen-bond donors (Lipinski definition) is 2. The van der Waals surface area contributed by atoms with E-state index >= 15 is 0 Å². The van der Waals surface area contributed by atoms with Crippen LogP contribution in [0.2, 0.25) is 0 Å². The number of thioether (sulfide) groups is 1. The first kappa shape index (κ1) is 27.0. The van der Waals surface area contributed by atoms with E-state index in [1.54, 1.807) is 30.3 Å². The standard InChI is InChI=1S/C31H25N5O2S/c1-2-17-38-24-15-13-22(14-16-24)27-25(18-32)29(34)36-31(26(27)19-33)39-28(23-11-7-4-8-12-23)30(37)35-20-21-9-5-3-6-10-21/h2-16,28H,1,17,20H2,(H2,34,36)(H,35,37). The predicted molar refractivity (Wildman–Crippen MR) is 153 cm³/mol. The maximum absolute atomic E-state index is 13.5. The van der Waals surface area contributed by atoms with Crippen molar-refractivity contribution < 1.29 is 9.53 Å². The molecule has 0 fully saturated rings. The van der Waals surface area contributed by atoms with Gasteiger partial charge in [-0.1, -0.05) is 97.2 Å². The third-order valence-electron chi connectivity index (χ3n) is 5.81. The molecule has 0 aliphatic rings. The summed E-state index contributed by atoms with van der Waals surface area (Å²) in [6.07, 6.45) is 1.64. The lowest BCUT2D eigenvalue weighted by molar-refractivity contribution is -0.120. The monoisotopic (exact) mass is 531 g/mol. The van der Waals surface area contributed by atoms with Crippen LogP contribution in [0.15, 0.2) is 103 Å². The van der Waals surface area contributed by atoms with Crippen molar-refractivity contribution in [1.29, 1.82) is 10.5 Å². The second kappa shape index (κ2) is 13.0. The summed E-state index contributed by atoms with van der Waals surface area (Å²) in [4.78, 5) is 17.9. The summed E-state index contributed by atoms with van der Waals surface area (Å²) in [6, 6.07) is 30.1. The second-order valence-electron chi connectivity index (χ2n) is 8.39. The Bertz CT molecular complexity index is 1540. The molecule has 1 heterocycles. The largest absolute Gasteiger partial charge is 0.490 e. The third kappa shape index (κ3) is 6.45. The number of ether oxygens (including phenoxy) is 1. The fraction of sp³-hybridized carbons (Fsp3) is 0.0968. The first-order chi connectivity index (χ1) is 19.0. The van der Waals surface area contributed by atoms with E-state index in [9.17, 15) is 15.3 Å². The highest BCUT2D eigenvalue weighted by Crippen LogP contribution is 2.41. The number of carbonyl (C=O) groups excluding carboxylic acids is 1. The van der Waals surface area contributed by atoms with Crippen molar-refractivity contribution in [1.82, 2.24) is 10.3 Å². The summed E-state index contributed by atoms with van der Waals surface area (Å²) >= 11 is 1.12. The average Bonchev–Trinajstić information content (AvgIpc) is 2.98. The van der Waals surface area contributed by atoms with Gasteiger partial charge in [0.25, 0.3) is 0 Å². The minimum Gasteiger partial charge on any atom is -0.490 e. The van der Waals surface area contributed by atoms with Crippen molar-refractivity contribution in [3.05, 3.63) is 120 Å². The predicted octanol–water partition coefficient (Wildman–Crippen LogP) is 5.79. The average molecular weight is 532 g/mol. The van der Waals surface area contributed by atoms with Gasteiger partial charge in [0.2, 0.25) is 5.91 Å². The Kier molecular flexibility index (Phi) is 8.97. The fourth-order valence-electron chi connectivity index (χ4n) is 3.94. The lowest BCUT2D eigenvalue weighted by atomic mass is 9.97.